The monoisotopic (exact) mass is 337 g/mol. The minimum Gasteiger partial charge on any atom is -0.496 e. The molecule has 2 aromatic heterocycles. The zero-order valence-corrected chi connectivity index (χ0v) is 12.3. The summed E-state index contributed by atoms with van der Waals surface area (Å²) in [6, 6.07) is 3.71. The van der Waals surface area contributed by atoms with Crippen LogP contribution in [0.15, 0.2) is 21.3 Å². The van der Waals surface area contributed by atoms with E-state index in [0.29, 0.717) is 5.02 Å². The molecule has 2 N–H and O–H groups in total. The van der Waals surface area contributed by atoms with E-state index in [0.717, 1.165) is 19.3 Å². The van der Waals surface area contributed by atoms with Gasteiger partial charge < -0.3 is 10.5 Å². The first-order valence-electron chi connectivity index (χ1n) is 4.44. The molecule has 0 amide bonds. The lowest BCUT2D eigenvalue weighted by Crippen LogP contribution is -2.07. The highest BCUT2D eigenvalue weighted by atomic mass is 79.9. The number of rotatable bonds is 3. The molecule has 0 saturated carbocycles. The van der Waals surface area contributed by atoms with Crippen LogP contribution in [0.25, 0.3) is 0 Å². The summed E-state index contributed by atoms with van der Waals surface area (Å²) in [5, 5.41) is 2.65. The van der Waals surface area contributed by atoms with Crippen molar-refractivity contribution in [2.24, 2.45) is 5.73 Å². The third kappa shape index (κ3) is 2.43. The Balaban J connectivity index is 2.27. The van der Waals surface area contributed by atoms with E-state index in [2.05, 4.69) is 15.9 Å². The van der Waals surface area contributed by atoms with Crippen LogP contribution < -0.4 is 10.5 Å². The molecule has 2 nitrogen and oxygen atoms in total. The molecule has 0 aliphatic rings. The van der Waals surface area contributed by atoms with Gasteiger partial charge in [-0.2, -0.15) is 0 Å². The van der Waals surface area contributed by atoms with Crippen molar-refractivity contribution < 1.29 is 4.74 Å². The molecule has 0 radical (unpaired) electrons. The number of nitrogens with two attached hydrogens (primary N) is 1. The molecule has 1 atom stereocenters. The van der Waals surface area contributed by atoms with Crippen molar-refractivity contribution >= 4 is 50.2 Å². The van der Waals surface area contributed by atoms with Gasteiger partial charge in [0.25, 0.3) is 0 Å². The predicted molar refractivity (Wildman–Crippen MR) is 73.9 cm³/mol. The molecule has 0 fully saturated rings. The molecule has 0 bridgehead atoms. The van der Waals surface area contributed by atoms with Crippen LogP contribution in [0, 0.1) is 0 Å². The molecule has 0 aliphatic carbocycles. The van der Waals surface area contributed by atoms with Gasteiger partial charge in [0.15, 0.2) is 0 Å². The molecule has 16 heavy (non-hydrogen) atoms. The fraction of sp³-hybridized carbons (Fsp3) is 0.200. The van der Waals surface area contributed by atoms with Crippen LogP contribution in [0.4, 0.5) is 0 Å². The smallest absolute Gasteiger partial charge is 0.129 e. The molecule has 0 aromatic carbocycles. The Bertz CT molecular complexity index is 477. The van der Waals surface area contributed by atoms with Crippen molar-refractivity contribution in [3.63, 3.8) is 0 Å². The summed E-state index contributed by atoms with van der Waals surface area (Å²) in [5.74, 6) is 0.845. The topological polar surface area (TPSA) is 35.2 Å². The van der Waals surface area contributed by atoms with Crippen molar-refractivity contribution in [2.75, 3.05) is 7.11 Å². The number of hydrogen-bond acceptors (Lipinski definition) is 4. The first-order valence-corrected chi connectivity index (χ1v) is 7.31. The number of methoxy groups -OCH3 is 1. The van der Waals surface area contributed by atoms with Gasteiger partial charge in [-0.1, -0.05) is 11.6 Å². The minimum atomic E-state index is -0.136. The summed E-state index contributed by atoms with van der Waals surface area (Å²) >= 11 is 12.5. The van der Waals surface area contributed by atoms with Gasteiger partial charge in [0.05, 0.1) is 22.0 Å². The van der Waals surface area contributed by atoms with E-state index < -0.39 is 0 Å². The summed E-state index contributed by atoms with van der Waals surface area (Å²) in [6.45, 7) is 0. The average molecular weight is 339 g/mol. The molecule has 2 rings (SSSR count). The molecular formula is C10H9BrClNOS2. The van der Waals surface area contributed by atoms with E-state index in [-0.39, 0.29) is 6.04 Å². The van der Waals surface area contributed by atoms with E-state index in [9.17, 15) is 0 Å². The van der Waals surface area contributed by atoms with Crippen molar-refractivity contribution in [3.05, 3.63) is 36.1 Å². The largest absolute Gasteiger partial charge is 0.496 e. The summed E-state index contributed by atoms with van der Waals surface area (Å²) in [7, 11) is 1.65. The predicted octanol–water partition coefficient (Wildman–Crippen LogP) is 4.28. The SMILES string of the molecule is COc1csc(C(N)c2cc(Cl)c(Br)s2)c1. The summed E-state index contributed by atoms with van der Waals surface area (Å²) in [4.78, 5) is 2.11. The standard InChI is InChI=1S/C10H9BrClNOS2/c1-14-5-2-7(15-4-5)9(13)8-3-6(12)10(11)16-8/h2-4,9H,13H2,1H3. The Hall–Kier alpha value is -0.0700. The highest BCUT2D eigenvalue weighted by Gasteiger charge is 2.16. The number of hydrogen-bond donors (Lipinski definition) is 1. The van der Waals surface area contributed by atoms with E-state index in [4.69, 9.17) is 22.1 Å². The van der Waals surface area contributed by atoms with Crippen molar-refractivity contribution in [3.8, 4) is 5.75 Å². The van der Waals surface area contributed by atoms with E-state index in [1.54, 1.807) is 29.8 Å². The number of thiophene rings is 2. The van der Waals surface area contributed by atoms with Gasteiger partial charge in [0.1, 0.15) is 5.75 Å². The van der Waals surface area contributed by atoms with Gasteiger partial charge in [-0.05, 0) is 28.1 Å². The van der Waals surface area contributed by atoms with E-state index in [1.807, 2.05) is 17.5 Å². The Kier molecular flexibility index (Phi) is 3.92. The number of halogens is 2. The molecule has 0 aliphatic heterocycles. The lowest BCUT2D eigenvalue weighted by atomic mass is 10.2. The second-order valence-corrected chi connectivity index (χ2v) is 6.89. The minimum absolute atomic E-state index is 0.136. The van der Waals surface area contributed by atoms with Gasteiger partial charge in [-0.15, -0.1) is 22.7 Å². The zero-order valence-electron chi connectivity index (χ0n) is 8.37. The van der Waals surface area contributed by atoms with Crippen LogP contribution in [0.3, 0.4) is 0 Å². The fourth-order valence-electron chi connectivity index (χ4n) is 1.26. The Morgan fingerprint density at radius 3 is 2.69 bits per heavy atom. The van der Waals surface area contributed by atoms with Crippen LogP contribution in [0.5, 0.6) is 5.75 Å². The fourth-order valence-corrected chi connectivity index (χ4v) is 3.98. The molecular weight excluding hydrogens is 330 g/mol. The average Bonchev–Trinajstić information content (AvgIpc) is 2.86. The van der Waals surface area contributed by atoms with Crippen molar-refractivity contribution in [2.45, 2.75) is 6.04 Å². The van der Waals surface area contributed by atoms with Crippen LogP contribution >= 0.6 is 50.2 Å². The van der Waals surface area contributed by atoms with Gasteiger partial charge in [-0.25, -0.2) is 0 Å². The Morgan fingerprint density at radius 1 is 1.44 bits per heavy atom. The maximum absolute atomic E-state index is 6.15. The van der Waals surface area contributed by atoms with Crippen LogP contribution in [-0.2, 0) is 0 Å². The lowest BCUT2D eigenvalue weighted by Gasteiger charge is -2.05. The quantitative estimate of drug-likeness (QED) is 0.906. The molecule has 0 spiro atoms. The first kappa shape index (κ1) is 12.4. The van der Waals surface area contributed by atoms with Crippen LogP contribution in [-0.4, -0.2) is 7.11 Å². The summed E-state index contributed by atoms with van der Waals surface area (Å²) < 4.78 is 6.05. The van der Waals surface area contributed by atoms with E-state index in [1.165, 1.54) is 0 Å². The molecule has 6 heteroatoms. The molecule has 86 valence electrons. The lowest BCUT2D eigenvalue weighted by molar-refractivity contribution is 0.416. The van der Waals surface area contributed by atoms with Crippen molar-refractivity contribution in [1.29, 1.82) is 0 Å². The van der Waals surface area contributed by atoms with Gasteiger partial charge >= 0.3 is 0 Å². The number of ether oxygens (including phenoxy) is 1. The molecule has 2 aromatic rings. The maximum atomic E-state index is 6.15. The Morgan fingerprint density at radius 2 is 2.19 bits per heavy atom. The van der Waals surface area contributed by atoms with Crippen molar-refractivity contribution in [1.82, 2.24) is 0 Å². The third-order valence-corrected chi connectivity index (χ3v) is 5.66. The molecule has 2 heterocycles. The second kappa shape index (κ2) is 5.06. The molecule has 0 saturated heterocycles. The third-order valence-electron chi connectivity index (χ3n) is 2.11. The van der Waals surface area contributed by atoms with Gasteiger partial charge in [0.2, 0.25) is 0 Å². The second-order valence-electron chi connectivity index (χ2n) is 3.14. The summed E-state index contributed by atoms with van der Waals surface area (Å²) in [6.07, 6.45) is 0. The molecule has 1 unspecified atom stereocenters. The van der Waals surface area contributed by atoms with Gasteiger partial charge in [0, 0.05) is 15.1 Å². The maximum Gasteiger partial charge on any atom is 0.129 e. The first-order chi connectivity index (χ1) is 7.61. The van der Waals surface area contributed by atoms with Crippen LogP contribution in [0.2, 0.25) is 5.02 Å². The highest BCUT2D eigenvalue weighted by molar-refractivity contribution is 9.11. The normalized spacial score (nSPS) is 12.8. The van der Waals surface area contributed by atoms with E-state index >= 15 is 0 Å². The Labute approximate surface area is 115 Å². The highest BCUT2D eigenvalue weighted by Crippen LogP contribution is 2.38. The summed E-state index contributed by atoms with van der Waals surface area (Å²) in [5.41, 5.74) is 6.15. The zero-order chi connectivity index (χ0) is 11.7. The van der Waals surface area contributed by atoms with Gasteiger partial charge in [-0.3, -0.25) is 0 Å². The van der Waals surface area contributed by atoms with Crippen LogP contribution in [0.1, 0.15) is 15.8 Å².